The van der Waals surface area contributed by atoms with Gasteiger partial charge in [0.05, 0.1) is 6.61 Å². The van der Waals surface area contributed by atoms with Gasteiger partial charge in [0.1, 0.15) is 5.25 Å². The molecule has 0 aromatic carbocycles. The average Bonchev–Trinajstić information content (AvgIpc) is 2.13. The van der Waals surface area contributed by atoms with E-state index in [9.17, 15) is 9.00 Å². The van der Waals surface area contributed by atoms with Gasteiger partial charge in [-0.25, -0.2) is 0 Å². The molecule has 0 aliphatic heterocycles. The molecule has 0 heterocycles. The Labute approximate surface area is 82.3 Å². The first-order chi connectivity index (χ1) is 6.17. The van der Waals surface area contributed by atoms with Crippen molar-refractivity contribution in [3.8, 4) is 0 Å². The van der Waals surface area contributed by atoms with Gasteiger partial charge in [-0.2, -0.15) is 0 Å². The van der Waals surface area contributed by atoms with Gasteiger partial charge in [-0.05, 0) is 13.3 Å². The van der Waals surface area contributed by atoms with Crippen molar-refractivity contribution in [1.82, 2.24) is 0 Å². The molecule has 0 fully saturated rings. The van der Waals surface area contributed by atoms with Crippen molar-refractivity contribution in [1.29, 1.82) is 0 Å². The van der Waals surface area contributed by atoms with E-state index in [4.69, 9.17) is 4.74 Å². The molecule has 0 saturated heterocycles. The highest BCUT2D eigenvalue weighted by Gasteiger charge is 2.23. The first kappa shape index (κ1) is 12.6. The minimum Gasteiger partial charge on any atom is -0.465 e. The molecule has 2 unspecified atom stereocenters. The summed E-state index contributed by atoms with van der Waals surface area (Å²) in [5.41, 5.74) is 0. The zero-order valence-electron chi connectivity index (χ0n) is 8.54. The van der Waals surface area contributed by atoms with E-state index in [2.05, 4.69) is 0 Å². The molecule has 0 amide bonds. The maximum Gasteiger partial charge on any atom is 0.321 e. The molecule has 0 aromatic heterocycles. The van der Waals surface area contributed by atoms with Crippen LogP contribution >= 0.6 is 0 Å². The highest BCUT2D eigenvalue weighted by atomic mass is 32.2. The largest absolute Gasteiger partial charge is 0.465 e. The van der Waals surface area contributed by atoms with Crippen LogP contribution in [0.15, 0.2) is 0 Å². The van der Waals surface area contributed by atoms with E-state index in [1.807, 2.05) is 13.8 Å². The van der Waals surface area contributed by atoms with Gasteiger partial charge in [-0.3, -0.25) is 9.00 Å². The van der Waals surface area contributed by atoms with Crippen molar-refractivity contribution < 1.29 is 13.7 Å². The van der Waals surface area contributed by atoms with Crippen molar-refractivity contribution in [3.63, 3.8) is 0 Å². The lowest BCUT2D eigenvalue weighted by molar-refractivity contribution is -0.142. The van der Waals surface area contributed by atoms with Crippen LogP contribution in [0, 0.1) is 0 Å². The van der Waals surface area contributed by atoms with Crippen molar-refractivity contribution in [3.05, 3.63) is 0 Å². The highest BCUT2D eigenvalue weighted by Crippen LogP contribution is 2.07. The van der Waals surface area contributed by atoms with Crippen LogP contribution in [0.5, 0.6) is 0 Å². The smallest absolute Gasteiger partial charge is 0.321 e. The predicted octanol–water partition coefficient (Wildman–Crippen LogP) is 1.49. The Balaban J connectivity index is 4.22. The Bertz CT molecular complexity index is 180. The van der Waals surface area contributed by atoms with E-state index >= 15 is 0 Å². The van der Waals surface area contributed by atoms with Gasteiger partial charge in [-0.1, -0.05) is 20.3 Å². The van der Waals surface area contributed by atoms with Crippen molar-refractivity contribution >= 4 is 16.8 Å². The lowest BCUT2D eigenvalue weighted by Crippen LogP contribution is -2.29. The van der Waals surface area contributed by atoms with Crippen LogP contribution in [0.1, 0.15) is 33.6 Å². The van der Waals surface area contributed by atoms with Crippen molar-refractivity contribution in [2.45, 2.75) is 38.9 Å². The minimum absolute atomic E-state index is 0.315. The van der Waals surface area contributed by atoms with Crippen LogP contribution in [0.2, 0.25) is 0 Å². The molecule has 4 heteroatoms. The summed E-state index contributed by atoms with van der Waals surface area (Å²) in [6.45, 7) is 5.91. The maximum atomic E-state index is 11.4. The number of hydrogen-bond acceptors (Lipinski definition) is 3. The van der Waals surface area contributed by atoms with E-state index in [1.165, 1.54) is 0 Å². The molecule has 0 aromatic rings. The van der Waals surface area contributed by atoms with Gasteiger partial charge in [0.2, 0.25) is 0 Å². The van der Waals surface area contributed by atoms with Crippen molar-refractivity contribution in [2.24, 2.45) is 0 Å². The molecular weight excluding hydrogens is 188 g/mol. The highest BCUT2D eigenvalue weighted by molar-refractivity contribution is 7.86. The monoisotopic (exact) mass is 206 g/mol. The van der Waals surface area contributed by atoms with Gasteiger partial charge in [0, 0.05) is 16.6 Å². The van der Waals surface area contributed by atoms with E-state index in [1.54, 1.807) is 6.92 Å². The molecule has 0 radical (unpaired) electrons. The molecule has 0 N–H and O–H groups in total. The minimum atomic E-state index is -1.07. The Hall–Kier alpha value is -0.380. The maximum absolute atomic E-state index is 11.4. The summed E-state index contributed by atoms with van der Waals surface area (Å²) in [4.78, 5) is 11.3. The Morgan fingerprint density at radius 3 is 2.38 bits per heavy atom. The fourth-order valence-electron chi connectivity index (χ4n) is 1.06. The topological polar surface area (TPSA) is 43.4 Å². The average molecular weight is 206 g/mol. The summed E-state index contributed by atoms with van der Waals surface area (Å²) < 4.78 is 16.3. The third kappa shape index (κ3) is 4.41. The van der Waals surface area contributed by atoms with Crippen LogP contribution in [0.3, 0.4) is 0 Å². The molecule has 0 aliphatic carbocycles. The Morgan fingerprint density at radius 1 is 1.38 bits per heavy atom. The molecule has 0 bridgehead atoms. The number of hydrogen-bond donors (Lipinski definition) is 0. The summed E-state index contributed by atoms with van der Waals surface area (Å²) in [7, 11) is -1.07. The Morgan fingerprint density at radius 2 is 2.00 bits per heavy atom. The lowest BCUT2D eigenvalue weighted by atomic mass is 10.2. The molecule has 0 aliphatic rings. The second-order valence-corrected chi connectivity index (χ2v) is 4.61. The fourth-order valence-corrected chi connectivity index (χ4v) is 2.24. The summed E-state index contributed by atoms with van der Waals surface area (Å²) >= 11 is 0. The van der Waals surface area contributed by atoms with Gasteiger partial charge in [0.15, 0.2) is 0 Å². The van der Waals surface area contributed by atoms with Gasteiger partial charge in [0.25, 0.3) is 0 Å². The quantitative estimate of drug-likeness (QED) is 0.618. The lowest BCUT2D eigenvalue weighted by Gasteiger charge is -2.12. The number of esters is 1. The normalized spacial score (nSPS) is 15.0. The first-order valence-electron chi connectivity index (χ1n) is 4.71. The molecule has 78 valence electrons. The molecule has 0 rings (SSSR count). The number of carbonyl (C=O) groups excluding carboxylic acids is 1. The molecule has 0 spiro atoms. The number of rotatable bonds is 6. The SMILES string of the molecule is CCCC(C(=O)OCC)S(=O)CC. The Kier molecular flexibility index (Phi) is 6.86. The first-order valence-corrected chi connectivity index (χ1v) is 6.09. The zero-order valence-corrected chi connectivity index (χ0v) is 9.36. The van der Waals surface area contributed by atoms with Crippen LogP contribution in [0.25, 0.3) is 0 Å². The molecular formula is C9H18O3S. The predicted molar refractivity (Wildman–Crippen MR) is 54.0 cm³/mol. The summed E-state index contributed by atoms with van der Waals surface area (Å²) in [6, 6.07) is 0. The van der Waals surface area contributed by atoms with Gasteiger partial charge < -0.3 is 4.74 Å². The summed E-state index contributed by atoms with van der Waals surface area (Å²) in [6.07, 6.45) is 1.51. The second kappa shape index (κ2) is 7.06. The third-order valence-corrected chi connectivity index (χ3v) is 3.33. The van der Waals surface area contributed by atoms with Crippen LogP contribution < -0.4 is 0 Å². The van der Waals surface area contributed by atoms with E-state index in [-0.39, 0.29) is 5.97 Å². The van der Waals surface area contributed by atoms with Crippen molar-refractivity contribution in [2.75, 3.05) is 12.4 Å². The standard InChI is InChI=1S/C9H18O3S/c1-4-7-8(13(11)6-3)9(10)12-5-2/h8H,4-7H2,1-3H3. The summed E-state index contributed by atoms with van der Waals surface area (Å²) in [5.74, 6) is 0.202. The fraction of sp³-hybridized carbons (Fsp3) is 0.889. The zero-order chi connectivity index (χ0) is 10.3. The van der Waals surface area contributed by atoms with E-state index in [0.717, 1.165) is 6.42 Å². The van der Waals surface area contributed by atoms with E-state index in [0.29, 0.717) is 18.8 Å². The summed E-state index contributed by atoms with van der Waals surface area (Å²) in [5, 5.41) is -0.421. The number of ether oxygens (including phenoxy) is 1. The second-order valence-electron chi connectivity index (χ2n) is 2.70. The van der Waals surface area contributed by atoms with Crippen LogP contribution in [-0.2, 0) is 20.3 Å². The van der Waals surface area contributed by atoms with Gasteiger partial charge >= 0.3 is 5.97 Å². The molecule has 13 heavy (non-hydrogen) atoms. The van der Waals surface area contributed by atoms with E-state index < -0.39 is 16.0 Å². The molecule has 2 atom stereocenters. The molecule has 0 saturated carbocycles. The number of carbonyl (C=O) groups is 1. The molecule has 3 nitrogen and oxygen atoms in total. The van der Waals surface area contributed by atoms with Gasteiger partial charge in [-0.15, -0.1) is 0 Å². The van der Waals surface area contributed by atoms with Crippen LogP contribution in [-0.4, -0.2) is 27.8 Å². The van der Waals surface area contributed by atoms with Crippen LogP contribution in [0.4, 0.5) is 0 Å². The third-order valence-electron chi connectivity index (χ3n) is 1.70.